The molecule has 2 fully saturated rings. The highest BCUT2D eigenvalue weighted by Crippen LogP contribution is 2.52. The van der Waals surface area contributed by atoms with E-state index in [1.54, 1.807) is 0 Å². The topological polar surface area (TPSA) is 67.3 Å². The lowest BCUT2D eigenvalue weighted by Crippen LogP contribution is -2.47. The van der Waals surface area contributed by atoms with E-state index >= 15 is 0 Å². The summed E-state index contributed by atoms with van der Waals surface area (Å²) in [6.45, 7) is 7.53. The Kier molecular flexibility index (Phi) is 6.49. The first-order valence-corrected chi connectivity index (χ1v) is 13.5. The van der Waals surface area contributed by atoms with E-state index in [-0.39, 0.29) is 17.6 Å². The SMILES string of the molecule is CC(C)(C)OC(=O)N[C@@H]1c2ccccc2CC12CCN(c1cnc(SC3CCCC3)cn1)CC2. The Morgan fingerprint density at radius 1 is 1.12 bits per heavy atom. The summed E-state index contributed by atoms with van der Waals surface area (Å²) in [4.78, 5) is 24.5. The number of amides is 1. The van der Waals surface area contributed by atoms with E-state index in [0.29, 0.717) is 5.25 Å². The lowest BCUT2D eigenvalue weighted by atomic mass is 9.72. The molecule has 3 aliphatic rings. The number of carbonyl (C=O) groups is 1. The minimum absolute atomic E-state index is 0.00276. The molecule has 7 heteroatoms. The van der Waals surface area contributed by atoms with Crippen molar-refractivity contribution in [3.63, 3.8) is 0 Å². The van der Waals surface area contributed by atoms with Crippen molar-refractivity contribution in [2.45, 2.75) is 87.6 Å². The highest BCUT2D eigenvalue weighted by molar-refractivity contribution is 7.99. The molecule has 1 aromatic carbocycles. The Hall–Kier alpha value is -2.28. The van der Waals surface area contributed by atoms with Gasteiger partial charge in [0, 0.05) is 23.8 Å². The van der Waals surface area contributed by atoms with Crippen molar-refractivity contribution in [1.29, 1.82) is 0 Å². The largest absolute Gasteiger partial charge is 0.444 e. The number of hydrogen-bond donors (Lipinski definition) is 1. The summed E-state index contributed by atoms with van der Waals surface area (Å²) in [5.74, 6) is 0.956. The highest BCUT2D eigenvalue weighted by atomic mass is 32.2. The fraction of sp³-hybridized carbons (Fsp3) is 0.593. The molecular formula is C27H36N4O2S. The summed E-state index contributed by atoms with van der Waals surface area (Å²) in [6, 6.07) is 8.49. The molecule has 1 amide bonds. The Labute approximate surface area is 207 Å². The maximum absolute atomic E-state index is 12.7. The predicted octanol–water partition coefficient (Wildman–Crippen LogP) is 5.92. The smallest absolute Gasteiger partial charge is 0.408 e. The van der Waals surface area contributed by atoms with Gasteiger partial charge in [-0.3, -0.25) is 0 Å². The second-order valence-corrected chi connectivity index (χ2v) is 12.4. The Bertz CT molecular complexity index is 1010. The Morgan fingerprint density at radius 2 is 1.85 bits per heavy atom. The molecule has 6 nitrogen and oxygen atoms in total. The first-order chi connectivity index (χ1) is 16.3. The molecule has 34 heavy (non-hydrogen) atoms. The van der Waals surface area contributed by atoms with Gasteiger partial charge in [-0.05, 0) is 64.0 Å². The molecule has 2 aromatic rings. The van der Waals surface area contributed by atoms with Crippen molar-refractivity contribution in [3.8, 4) is 0 Å². The third-order valence-electron chi connectivity index (χ3n) is 7.47. The second kappa shape index (κ2) is 9.40. The molecule has 182 valence electrons. The number of rotatable bonds is 4. The number of ether oxygens (including phenoxy) is 1. The van der Waals surface area contributed by atoms with Crippen molar-refractivity contribution >= 4 is 23.7 Å². The van der Waals surface area contributed by atoms with Crippen LogP contribution in [0.1, 0.15) is 76.5 Å². The number of aromatic nitrogens is 2. The minimum Gasteiger partial charge on any atom is -0.444 e. The van der Waals surface area contributed by atoms with Gasteiger partial charge in [-0.15, -0.1) is 11.8 Å². The number of thioether (sulfide) groups is 1. The van der Waals surface area contributed by atoms with Gasteiger partial charge >= 0.3 is 6.09 Å². The predicted molar refractivity (Wildman–Crippen MR) is 136 cm³/mol. The number of piperidine rings is 1. The van der Waals surface area contributed by atoms with Crippen LogP contribution in [0.3, 0.4) is 0 Å². The van der Waals surface area contributed by atoms with E-state index in [0.717, 1.165) is 43.2 Å². The molecular weight excluding hydrogens is 444 g/mol. The summed E-state index contributed by atoms with van der Waals surface area (Å²) in [6.07, 6.45) is 11.8. The molecule has 0 unspecified atom stereocenters. The van der Waals surface area contributed by atoms with Crippen LogP contribution in [-0.4, -0.2) is 40.0 Å². The van der Waals surface area contributed by atoms with E-state index < -0.39 is 5.60 Å². The average Bonchev–Trinajstić information content (AvgIpc) is 3.40. The van der Waals surface area contributed by atoms with Crippen LogP contribution in [0.2, 0.25) is 0 Å². The number of anilines is 1. The quantitative estimate of drug-likeness (QED) is 0.586. The molecule has 5 rings (SSSR count). The van der Waals surface area contributed by atoms with E-state index in [1.165, 1.54) is 36.8 Å². The third kappa shape index (κ3) is 5.04. The van der Waals surface area contributed by atoms with Gasteiger partial charge in [0.15, 0.2) is 0 Å². The number of fused-ring (bicyclic) bond motifs is 1. The van der Waals surface area contributed by atoms with Gasteiger partial charge < -0.3 is 15.0 Å². The summed E-state index contributed by atoms with van der Waals surface area (Å²) in [5.41, 5.74) is 2.06. The van der Waals surface area contributed by atoms with E-state index in [4.69, 9.17) is 14.7 Å². The van der Waals surface area contributed by atoms with Crippen LogP contribution in [0.25, 0.3) is 0 Å². The number of benzene rings is 1. The van der Waals surface area contributed by atoms with Crippen LogP contribution >= 0.6 is 11.8 Å². The molecule has 2 heterocycles. The van der Waals surface area contributed by atoms with Crippen LogP contribution in [0.5, 0.6) is 0 Å². The summed E-state index contributed by atoms with van der Waals surface area (Å²) in [5, 5.41) is 4.98. The van der Waals surface area contributed by atoms with Gasteiger partial charge in [0.25, 0.3) is 0 Å². The van der Waals surface area contributed by atoms with Crippen molar-refractivity contribution in [2.24, 2.45) is 5.41 Å². The average molecular weight is 481 g/mol. The Morgan fingerprint density at radius 3 is 2.53 bits per heavy atom. The first kappa shape index (κ1) is 23.5. The molecule has 0 radical (unpaired) electrons. The summed E-state index contributed by atoms with van der Waals surface area (Å²) < 4.78 is 5.62. The normalized spacial score (nSPS) is 22.1. The lowest BCUT2D eigenvalue weighted by Gasteiger charge is -2.43. The molecule has 1 spiro atoms. The summed E-state index contributed by atoms with van der Waals surface area (Å²) >= 11 is 1.88. The zero-order valence-corrected chi connectivity index (χ0v) is 21.4. The van der Waals surface area contributed by atoms with Gasteiger partial charge in [0.05, 0.1) is 18.4 Å². The standard InChI is InChI=1S/C27H36N4O2S/c1-26(2,3)33-25(32)30-24-21-11-7-4-8-19(21)16-27(24)12-14-31(15-13-27)22-17-29-23(18-28-22)34-20-9-5-6-10-20/h4,7-8,11,17-18,20,24H,5-6,9-10,12-16H2,1-3H3,(H,30,32)/t24-/m1/s1. The number of nitrogens with one attached hydrogen (secondary N) is 1. The van der Waals surface area contributed by atoms with Gasteiger partial charge in [0.2, 0.25) is 0 Å². The van der Waals surface area contributed by atoms with Crippen LogP contribution in [0, 0.1) is 5.41 Å². The molecule has 1 saturated heterocycles. The van der Waals surface area contributed by atoms with Gasteiger partial charge in [0.1, 0.15) is 16.4 Å². The van der Waals surface area contributed by atoms with Gasteiger partial charge in [-0.2, -0.15) is 0 Å². The zero-order chi connectivity index (χ0) is 23.8. The maximum Gasteiger partial charge on any atom is 0.408 e. The number of carbonyl (C=O) groups excluding carboxylic acids is 1. The number of nitrogens with zero attached hydrogens (tertiary/aromatic N) is 3. The molecule has 1 aliphatic heterocycles. The monoisotopic (exact) mass is 480 g/mol. The summed E-state index contributed by atoms with van der Waals surface area (Å²) in [7, 11) is 0. The fourth-order valence-corrected chi connectivity index (χ4v) is 6.94. The second-order valence-electron chi connectivity index (χ2n) is 11.0. The van der Waals surface area contributed by atoms with Crippen molar-refractivity contribution in [1.82, 2.24) is 15.3 Å². The minimum atomic E-state index is -0.514. The van der Waals surface area contributed by atoms with Crippen LogP contribution in [-0.2, 0) is 11.2 Å². The highest BCUT2D eigenvalue weighted by Gasteiger charge is 2.48. The first-order valence-electron chi connectivity index (χ1n) is 12.6. The van der Waals surface area contributed by atoms with Crippen molar-refractivity contribution in [3.05, 3.63) is 47.8 Å². The molecule has 0 bridgehead atoms. The van der Waals surface area contributed by atoms with Gasteiger partial charge in [-0.25, -0.2) is 14.8 Å². The van der Waals surface area contributed by atoms with Crippen LogP contribution < -0.4 is 10.2 Å². The van der Waals surface area contributed by atoms with Crippen LogP contribution in [0.15, 0.2) is 41.7 Å². The number of alkyl carbamates (subject to hydrolysis) is 1. The third-order valence-corrected chi connectivity index (χ3v) is 8.73. The van der Waals surface area contributed by atoms with E-state index in [9.17, 15) is 4.79 Å². The van der Waals surface area contributed by atoms with Crippen molar-refractivity contribution < 1.29 is 9.53 Å². The molecule has 1 aromatic heterocycles. The molecule has 1 atom stereocenters. The van der Waals surface area contributed by atoms with Crippen molar-refractivity contribution in [2.75, 3.05) is 18.0 Å². The fourth-order valence-electron chi connectivity index (χ4n) is 5.80. The number of hydrogen-bond acceptors (Lipinski definition) is 6. The zero-order valence-electron chi connectivity index (χ0n) is 20.5. The van der Waals surface area contributed by atoms with Gasteiger partial charge in [-0.1, -0.05) is 37.1 Å². The van der Waals surface area contributed by atoms with E-state index in [2.05, 4.69) is 34.5 Å². The van der Waals surface area contributed by atoms with E-state index in [1.807, 2.05) is 44.9 Å². The lowest BCUT2D eigenvalue weighted by molar-refractivity contribution is 0.0428. The Balaban J connectivity index is 1.27. The maximum atomic E-state index is 12.7. The van der Waals surface area contributed by atoms with Crippen LogP contribution in [0.4, 0.5) is 10.6 Å². The molecule has 1 saturated carbocycles. The molecule has 1 N–H and O–H groups in total. The molecule has 2 aliphatic carbocycles.